The van der Waals surface area contributed by atoms with Crippen molar-refractivity contribution >= 4 is 16.9 Å². The third-order valence-corrected chi connectivity index (χ3v) is 2.82. The zero-order chi connectivity index (χ0) is 12.3. The van der Waals surface area contributed by atoms with E-state index in [2.05, 4.69) is 6.58 Å². The third kappa shape index (κ3) is 2.23. The van der Waals surface area contributed by atoms with Crippen molar-refractivity contribution in [2.45, 2.75) is 19.4 Å². The molecule has 0 bridgehead atoms. The molecule has 0 atom stereocenters. The summed E-state index contributed by atoms with van der Waals surface area (Å²) in [7, 11) is 0. The number of para-hydroxylation sites is 1. The highest BCUT2D eigenvalue weighted by Gasteiger charge is 2.13. The predicted octanol–water partition coefficient (Wildman–Crippen LogP) is 3.31. The van der Waals surface area contributed by atoms with E-state index in [1.54, 1.807) is 6.07 Å². The van der Waals surface area contributed by atoms with E-state index in [1.807, 2.05) is 34.9 Å². The van der Waals surface area contributed by atoms with Crippen LogP contribution < -0.4 is 0 Å². The minimum Gasteiger partial charge on any atom is -0.477 e. The fraction of sp³-hybridized carbons (Fsp3) is 0.214. The lowest BCUT2D eigenvalue weighted by molar-refractivity contribution is 0.0685. The smallest absolute Gasteiger partial charge is 0.352 e. The van der Waals surface area contributed by atoms with Crippen LogP contribution in [0.15, 0.2) is 43.0 Å². The lowest BCUT2D eigenvalue weighted by atomic mass is 10.2. The minimum atomic E-state index is -0.875. The van der Waals surface area contributed by atoms with Gasteiger partial charge in [-0.3, -0.25) is 0 Å². The molecular formula is C14H15NO2. The molecule has 1 N–H and O–H groups in total. The molecular weight excluding hydrogens is 214 g/mol. The van der Waals surface area contributed by atoms with Crippen LogP contribution >= 0.6 is 0 Å². The Kier molecular flexibility index (Phi) is 3.28. The van der Waals surface area contributed by atoms with Crippen molar-refractivity contribution in [3.63, 3.8) is 0 Å². The molecule has 1 heterocycles. The lowest BCUT2D eigenvalue weighted by Crippen LogP contribution is -2.08. The summed E-state index contributed by atoms with van der Waals surface area (Å²) >= 11 is 0. The molecule has 0 saturated carbocycles. The molecule has 0 fully saturated rings. The summed E-state index contributed by atoms with van der Waals surface area (Å²) in [4.78, 5) is 11.2. The number of rotatable bonds is 5. The Hall–Kier alpha value is -2.03. The Morgan fingerprint density at radius 3 is 2.88 bits per heavy atom. The second kappa shape index (κ2) is 4.87. The number of hydrogen-bond donors (Lipinski definition) is 1. The van der Waals surface area contributed by atoms with Gasteiger partial charge >= 0.3 is 5.97 Å². The van der Waals surface area contributed by atoms with Crippen molar-refractivity contribution in [2.24, 2.45) is 0 Å². The first-order valence-corrected chi connectivity index (χ1v) is 5.66. The van der Waals surface area contributed by atoms with E-state index in [9.17, 15) is 9.90 Å². The van der Waals surface area contributed by atoms with Crippen LogP contribution in [0.25, 0.3) is 10.9 Å². The summed E-state index contributed by atoms with van der Waals surface area (Å²) in [5.74, 6) is -0.875. The molecule has 0 saturated heterocycles. The van der Waals surface area contributed by atoms with Crippen LogP contribution in [-0.2, 0) is 6.54 Å². The van der Waals surface area contributed by atoms with E-state index in [0.29, 0.717) is 12.2 Å². The summed E-state index contributed by atoms with van der Waals surface area (Å²) in [6.45, 7) is 4.38. The number of carbonyl (C=O) groups is 1. The molecule has 0 aliphatic carbocycles. The maximum absolute atomic E-state index is 11.2. The van der Waals surface area contributed by atoms with Crippen molar-refractivity contribution in [3.05, 3.63) is 48.7 Å². The largest absolute Gasteiger partial charge is 0.477 e. The Balaban J connectivity index is 2.44. The standard InChI is InChI=1S/C14H15NO2/c1-2-3-6-9-15-12-8-5-4-7-11(12)10-13(15)14(16)17/h2,4-5,7-8,10H,1,3,6,9H2,(H,16,17). The van der Waals surface area contributed by atoms with Crippen LogP contribution in [0, 0.1) is 0 Å². The molecule has 0 radical (unpaired) electrons. The van der Waals surface area contributed by atoms with Gasteiger partial charge in [-0.2, -0.15) is 0 Å². The van der Waals surface area contributed by atoms with E-state index < -0.39 is 5.97 Å². The number of allylic oxidation sites excluding steroid dienone is 1. The number of benzene rings is 1. The van der Waals surface area contributed by atoms with Crippen LogP contribution in [0.1, 0.15) is 23.3 Å². The van der Waals surface area contributed by atoms with Crippen molar-refractivity contribution in [2.75, 3.05) is 0 Å². The second-order valence-electron chi connectivity index (χ2n) is 3.98. The number of nitrogens with zero attached hydrogens (tertiary/aromatic N) is 1. The second-order valence-corrected chi connectivity index (χ2v) is 3.98. The molecule has 0 spiro atoms. The number of aryl methyl sites for hydroxylation is 1. The summed E-state index contributed by atoms with van der Waals surface area (Å²) in [5.41, 5.74) is 1.34. The van der Waals surface area contributed by atoms with Crippen molar-refractivity contribution in [1.82, 2.24) is 4.57 Å². The van der Waals surface area contributed by atoms with Crippen LogP contribution in [0.3, 0.4) is 0 Å². The van der Waals surface area contributed by atoms with Gasteiger partial charge in [0, 0.05) is 17.4 Å². The first-order valence-electron chi connectivity index (χ1n) is 5.66. The average molecular weight is 229 g/mol. The number of carboxylic acid groups (broad SMARTS) is 1. The Morgan fingerprint density at radius 1 is 1.41 bits per heavy atom. The number of unbranched alkanes of at least 4 members (excludes halogenated alkanes) is 1. The van der Waals surface area contributed by atoms with Crippen LogP contribution in [0.4, 0.5) is 0 Å². The molecule has 2 aromatic rings. The topological polar surface area (TPSA) is 42.2 Å². The number of aromatic nitrogens is 1. The molecule has 0 unspecified atom stereocenters. The lowest BCUT2D eigenvalue weighted by Gasteiger charge is -2.07. The SMILES string of the molecule is C=CCCCn1c(C(=O)O)cc2ccccc21. The molecule has 0 amide bonds. The fourth-order valence-electron chi connectivity index (χ4n) is 2.02. The summed E-state index contributed by atoms with van der Waals surface area (Å²) in [5, 5.41) is 10.2. The van der Waals surface area contributed by atoms with Crippen LogP contribution in [-0.4, -0.2) is 15.6 Å². The number of hydrogen-bond acceptors (Lipinski definition) is 1. The van der Waals surface area contributed by atoms with Gasteiger partial charge in [0.1, 0.15) is 5.69 Å². The quantitative estimate of drug-likeness (QED) is 0.631. The first-order chi connectivity index (χ1) is 8.24. The predicted molar refractivity (Wildman–Crippen MR) is 68.3 cm³/mol. The van der Waals surface area contributed by atoms with Gasteiger partial charge in [0.05, 0.1) is 0 Å². The summed E-state index contributed by atoms with van der Waals surface area (Å²) in [6.07, 6.45) is 3.65. The van der Waals surface area contributed by atoms with E-state index in [-0.39, 0.29) is 0 Å². The molecule has 3 nitrogen and oxygen atoms in total. The molecule has 17 heavy (non-hydrogen) atoms. The Bertz CT molecular complexity index is 554. The molecule has 0 aliphatic heterocycles. The number of fused-ring (bicyclic) bond motifs is 1. The Labute approximate surface area is 100.0 Å². The average Bonchev–Trinajstić information content (AvgIpc) is 2.69. The summed E-state index contributed by atoms with van der Waals surface area (Å²) < 4.78 is 1.86. The highest BCUT2D eigenvalue weighted by Crippen LogP contribution is 2.20. The van der Waals surface area contributed by atoms with Gasteiger partial charge < -0.3 is 9.67 Å². The zero-order valence-electron chi connectivity index (χ0n) is 9.60. The van der Waals surface area contributed by atoms with Gasteiger partial charge in [0.25, 0.3) is 0 Å². The van der Waals surface area contributed by atoms with Gasteiger partial charge in [0.2, 0.25) is 0 Å². The zero-order valence-corrected chi connectivity index (χ0v) is 9.60. The molecule has 3 heteroatoms. The van der Waals surface area contributed by atoms with Gasteiger partial charge in [-0.25, -0.2) is 4.79 Å². The highest BCUT2D eigenvalue weighted by atomic mass is 16.4. The van der Waals surface area contributed by atoms with Crippen molar-refractivity contribution in [1.29, 1.82) is 0 Å². The van der Waals surface area contributed by atoms with Crippen LogP contribution in [0.5, 0.6) is 0 Å². The van der Waals surface area contributed by atoms with Crippen molar-refractivity contribution < 1.29 is 9.90 Å². The maximum atomic E-state index is 11.2. The molecule has 88 valence electrons. The van der Waals surface area contributed by atoms with E-state index in [1.165, 1.54) is 0 Å². The van der Waals surface area contributed by atoms with Crippen molar-refractivity contribution in [3.8, 4) is 0 Å². The van der Waals surface area contributed by atoms with Gasteiger partial charge in [-0.05, 0) is 25.0 Å². The summed E-state index contributed by atoms with van der Waals surface area (Å²) in [6, 6.07) is 9.47. The monoisotopic (exact) mass is 229 g/mol. The minimum absolute atomic E-state index is 0.357. The highest BCUT2D eigenvalue weighted by molar-refractivity contribution is 5.94. The Morgan fingerprint density at radius 2 is 2.18 bits per heavy atom. The number of aromatic carboxylic acids is 1. The van der Waals surface area contributed by atoms with E-state index in [4.69, 9.17) is 0 Å². The normalized spacial score (nSPS) is 10.6. The van der Waals surface area contributed by atoms with E-state index >= 15 is 0 Å². The third-order valence-electron chi connectivity index (χ3n) is 2.82. The number of carboxylic acids is 1. The van der Waals surface area contributed by atoms with Gasteiger partial charge in [0.15, 0.2) is 0 Å². The van der Waals surface area contributed by atoms with Gasteiger partial charge in [-0.15, -0.1) is 6.58 Å². The first kappa shape index (κ1) is 11.5. The molecule has 2 rings (SSSR count). The molecule has 0 aliphatic rings. The van der Waals surface area contributed by atoms with Crippen LogP contribution in [0.2, 0.25) is 0 Å². The van der Waals surface area contributed by atoms with Gasteiger partial charge in [-0.1, -0.05) is 24.3 Å². The van der Waals surface area contributed by atoms with E-state index in [0.717, 1.165) is 23.7 Å². The molecule has 1 aromatic heterocycles. The molecule has 1 aromatic carbocycles. The fourth-order valence-corrected chi connectivity index (χ4v) is 2.02. The maximum Gasteiger partial charge on any atom is 0.352 e.